The molecular formula is C18H23NO5. The SMILES string of the molecule is CCOC(OCC)C(O)C(C)(c1cccc2ccccc12)[N+](=O)[O-]. The first kappa shape index (κ1) is 18.3. The zero-order valence-corrected chi connectivity index (χ0v) is 14.1. The lowest BCUT2D eigenvalue weighted by molar-refractivity contribution is -0.593. The quantitative estimate of drug-likeness (QED) is 0.456. The Balaban J connectivity index is 2.59. The van der Waals surface area contributed by atoms with Crippen LogP contribution in [0.1, 0.15) is 26.3 Å². The van der Waals surface area contributed by atoms with Crippen molar-refractivity contribution in [3.63, 3.8) is 0 Å². The van der Waals surface area contributed by atoms with Crippen LogP contribution >= 0.6 is 0 Å². The smallest absolute Gasteiger partial charge is 0.275 e. The Kier molecular flexibility index (Phi) is 5.88. The number of aliphatic hydroxyl groups excluding tert-OH is 1. The Hall–Kier alpha value is -2.02. The maximum Gasteiger partial charge on any atom is 0.275 e. The van der Waals surface area contributed by atoms with Crippen molar-refractivity contribution in [2.75, 3.05) is 13.2 Å². The third-order valence-corrected chi connectivity index (χ3v) is 4.21. The second-order valence-corrected chi connectivity index (χ2v) is 5.66. The Bertz CT molecular complexity index is 693. The molecule has 0 amide bonds. The van der Waals surface area contributed by atoms with E-state index in [0.29, 0.717) is 5.56 Å². The van der Waals surface area contributed by atoms with Crippen LogP contribution in [-0.4, -0.2) is 35.6 Å². The van der Waals surface area contributed by atoms with Crippen LogP contribution < -0.4 is 0 Å². The highest BCUT2D eigenvalue weighted by Crippen LogP contribution is 2.36. The number of ether oxygens (including phenoxy) is 2. The van der Waals surface area contributed by atoms with E-state index >= 15 is 0 Å². The van der Waals surface area contributed by atoms with Crippen molar-refractivity contribution in [2.24, 2.45) is 0 Å². The zero-order valence-electron chi connectivity index (χ0n) is 14.1. The molecule has 0 radical (unpaired) electrons. The predicted molar refractivity (Wildman–Crippen MR) is 91.3 cm³/mol. The van der Waals surface area contributed by atoms with Crippen LogP contribution in [0.2, 0.25) is 0 Å². The largest absolute Gasteiger partial charge is 0.381 e. The summed E-state index contributed by atoms with van der Waals surface area (Å²) in [5.74, 6) is 0. The number of hydrogen-bond acceptors (Lipinski definition) is 5. The third-order valence-electron chi connectivity index (χ3n) is 4.21. The lowest BCUT2D eigenvalue weighted by atomic mass is 9.83. The molecule has 2 aromatic carbocycles. The van der Waals surface area contributed by atoms with E-state index in [-0.39, 0.29) is 13.2 Å². The van der Waals surface area contributed by atoms with Crippen molar-refractivity contribution in [1.82, 2.24) is 0 Å². The second-order valence-electron chi connectivity index (χ2n) is 5.66. The van der Waals surface area contributed by atoms with E-state index in [1.54, 1.807) is 26.0 Å². The highest BCUT2D eigenvalue weighted by Gasteiger charge is 2.52. The van der Waals surface area contributed by atoms with Gasteiger partial charge in [0, 0.05) is 30.6 Å². The molecule has 1 N–H and O–H groups in total. The first-order valence-corrected chi connectivity index (χ1v) is 8.00. The average Bonchev–Trinajstić information content (AvgIpc) is 2.59. The molecule has 2 unspecified atom stereocenters. The summed E-state index contributed by atoms with van der Waals surface area (Å²) in [5, 5.41) is 24.3. The van der Waals surface area contributed by atoms with Crippen LogP contribution in [0, 0.1) is 10.1 Å². The van der Waals surface area contributed by atoms with Gasteiger partial charge < -0.3 is 14.6 Å². The van der Waals surface area contributed by atoms with E-state index in [0.717, 1.165) is 10.8 Å². The van der Waals surface area contributed by atoms with Gasteiger partial charge in [-0.3, -0.25) is 10.1 Å². The minimum Gasteiger partial charge on any atom is -0.381 e. The molecule has 2 aromatic rings. The second kappa shape index (κ2) is 7.70. The van der Waals surface area contributed by atoms with Crippen molar-refractivity contribution >= 4 is 10.8 Å². The molecule has 6 heteroatoms. The zero-order chi connectivity index (χ0) is 17.7. The van der Waals surface area contributed by atoms with Gasteiger partial charge in [0.15, 0.2) is 12.4 Å². The molecule has 24 heavy (non-hydrogen) atoms. The Morgan fingerprint density at radius 2 is 1.71 bits per heavy atom. The Labute approximate surface area is 141 Å². The van der Waals surface area contributed by atoms with Crippen LogP contribution in [0.15, 0.2) is 42.5 Å². The Morgan fingerprint density at radius 3 is 2.29 bits per heavy atom. The van der Waals surface area contributed by atoms with Crippen molar-refractivity contribution in [1.29, 1.82) is 0 Å². The molecule has 2 rings (SSSR count). The van der Waals surface area contributed by atoms with E-state index in [1.165, 1.54) is 6.92 Å². The fraction of sp³-hybridized carbons (Fsp3) is 0.444. The molecule has 0 aromatic heterocycles. The maximum absolute atomic E-state index is 12.0. The average molecular weight is 333 g/mol. The highest BCUT2D eigenvalue weighted by atomic mass is 16.7. The molecule has 2 atom stereocenters. The maximum atomic E-state index is 12.0. The van der Waals surface area contributed by atoms with Crippen LogP contribution in [-0.2, 0) is 15.0 Å². The fourth-order valence-corrected chi connectivity index (χ4v) is 2.86. The molecule has 0 heterocycles. The first-order valence-electron chi connectivity index (χ1n) is 8.00. The minimum absolute atomic E-state index is 0.283. The first-order chi connectivity index (χ1) is 11.5. The number of aliphatic hydroxyl groups is 1. The van der Waals surface area contributed by atoms with E-state index in [2.05, 4.69) is 0 Å². The fourth-order valence-electron chi connectivity index (χ4n) is 2.86. The van der Waals surface area contributed by atoms with Gasteiger partial charge in [-0.1, -0.05) is 42.5 Å². The van der Waals surface area contributed by atoms with E-state index < -0.39 is 22.9 Å². The summed E-state index contributed by atoms with van der Waals surface area (Å²) in [6, 6.07) is 12.7. The van der Waals surface area contributed by atoms with E-state index in [1.807, 2.05) is 30.3 Å². The van der Waals surface area contributed by atoms with Crippen molar-refractivity contribution < 1.29 is 19.5 Å². The monoisotopic (exact) mass is 333 g/mol. The van der Waals surface area contributed by atoms with Gasteiger partial charge in [-0.15, -0.1) is 0 Å². The lowest BCUT2D eigenvalue weighted by Crippen LogP contribution is -2.51. The third kappa shape index (κ3) is 3.26. The molecule has 0 bridgehead atoms. The summed E-state index contributed by atoms with van der Waals surface area (Å²) in [6.07, 6.45) is -2.53. The van der Waals surface area contributed by atoms with E-state index in [9.17, 15) is 15.2 Å². The molecule has 6 nitrogen and oxygen atoms in total. The minimum atomic E-state index is -1.77. The van der Waals surface area contributed by atoms with Crippen LogP contribution in [0.25, 0.3) is 10.8 Å². The molecule has 0 aliphatic rings. The number of nitro groups is 1. The summed E-state index contributed by atoms with van der Waals surface area (Å²) >= 11 is 0. The molecule has 0 aliphatic heterocycles. The topological polar surface area (TPSA) is 81.8 Å². The predicted octanol–water partition coefficient (Wildman–Crippen LogP) is 3.09. The van der Waals surface area contributed by atoms with Crippen molar-refractivity contribution in [3.8, 4) is 0 Å². The molecule has 130 valence electrons. The molecule has 0 aliphatic carbocycles. The van der Waals surface area contributed by atoms with Crippen LogP contribution in [0.4, 0.5) is 0 Å². The van der Waals surface area contributed by atoms with Gasteiger partial charge in [-0.2, -0.15) is 0 Å². The van der Waals surface area contributed by atoms with Gasteiger partial charge >= 0.3 is 0 Å². The number of fused-ring (bicyclic) bond motifs is 1. The number of hydrogen-bond donors (Lipinski definition) is 1. The molecule has 0 spiro atoms. The van der Waals surface area contributed by atoms with Gasteiger partial charge in [0.1, 0.15) is 0 Å². The number of rotatable bonds is 8. The van der Waals surface area contributed by atoms with Crippen LogP contribution in [0.5, 0.6) is 0 Å². The van der Waals surface area contributed by atoms with Gasteiger partial charge in [0.25, 0.3) is 5.54 Å². The van der Waals surface area contributed by atoms with Crippen molar-refractivity contribution in [2.45, 2.75) is 38.7 Å². The normalized spacial score (nSPS) is 15.4. The Morgan fingerprint density at radius 1 is 1.12 bits per heavy atom. The number of benzene rings is 2. The van der Waals surface area contributed by atoms with Crippen LogP contribution in [0.3, 0.4) is 0 Å². The molecule has 0 fully saturated rings. The van der Waals surface area contributed by atoms with Gasteiger partial charge in [0.2, 0.25) is 0 Å². The summed E-state index contributed by atoms with van der Waals surface area (Å²) in [5.41, 5.74) is -1.34. The summed E-state index contributed by atoms with van der Waals surface area (Å²) in [6.45, 7) is 5.47. The lowest BCUT2D eigenvalue weighted by Gasteiger charge is -2.32. The van der Waals surface area contributed by atoms with E-state index in [4.69, 9.17) is 9.47 Å². The van der Waals surface area contributed by atoms with Gasteiger partial charge in [-0.25, -0.2) is 0 Å². The summed E-state index contributed by atoms with van der Waals surface area (Å²) in [7, 11) is 0. The van der Waals surface area contributed by atoms with Gasteiger partial charge in [-0.05, 0) is 24.6 Å². The molecule has 0 saturated carbocycles. The molecular weight excluding hydrogens is 310 g/mol. The molecule has 0 saturated heterocycles. The standard InChI is InChI=1S/C18H23NO5/c1-4-23-17(24-5-2)16(20)18(3,19(21)22)15-12-8-10-13-9-6-7-11-14(13)15/h6-12,16-17,20H,4-5H2,1-3H3. The summed E-state index contributed by atoms with van der Waals surface area (Å²) in [4.78, 5) is 11.5. The summed E-state index contributed by atoms with van der Waals surface area (Å²) < 4.78 is 10.8. The van der Waals surface area contributed by atoms with Crippen molar-refractivity contribution in [3.05, 3.63) is 58.1 Å². The van der Waals surface area contributed by atoms with Gasteiger partial charge in [0.05, 0.1) is 0 Å². The number of nitrogens with zero attached hydrogens (tertiary/aromatic N) is 1. The highest BCUT2D eigenvalue weighted by molar-refractivity contribution is 5.86.